The average molecular weight is 944 g/mol. The lowest BCUT2D eigenvalue weighted by atomic mass is 9.72. The Kier molecular flexibility index (Phi) is 19.8. The molecule has 3 heterocycles. The number of ether oxygens (including phenoxy) is 8. The van der Waals surface area contributed by atoms with Crippen molar-refractivity contribution in [3.05, 3.63) is 59.7 Å². The van der Waals surface area contributed by atoms with E-state index in [9.17, 15) is 24.3 Å². The SMILES string of the molecule is [3H][B]SO[C@@H](CC(=O)O[C@H](C[C@@H]1CC(=CC(=O)OC)C(OC(C)=O)[C@](O)(C(C)(C)C=CC=O)O1)[C@@H](C)OCc1ccccc1)C[C@@H]1CCC[C@H](C[C@@H]2CCO[C@@]3(C[C@H](C)CC[C@H]3C(C)C)O2)O1. The van der Waals surface area contributed by atoms with Gasteiger partial charge >= 0.3 is 17.9 Å². The van der Waals surface area contributed by atoms with E-state index in [-0.39, 0.29) is 49.8 Å². The minimum atomic E-state index is -2.31. The summed E-state index contributed by atoms with van der Waals surface area (Å²) in [5, 5.41) is 12.5. The molecule has 14 nitrogen and oxygen atoms in total. The first kappa shape index (κ1) is 52.3. The van der Waals surface area contributed by atoms with Gasteiger partial charge in [0.2, 0.25) is 12.9 Å². The summed E-state index contributed by atoms with van der Waals surface area (Å²) in [5.74, 6) is -3.62. The molecule has 1 radical (unpaired) electrons. The van der Waals surface area contributed by atoms with Gasteiger partial charge in [-0.3, -0.25) is 14.4 Å². The number of hydrogen-bond acceptors (Lipinski definition) is 15. The van der Waals surface area contributed by atoms with Crippen molar-refractivity contribution in [3.8, 4) is 0 Å². The van der Waals surface area contributed by atoms with Crippen molar-refractivity contribution < 1.29 is 66.4 Å². The number of rotatable bonds is 22. The van der Waals surface area contributed by atoms with Crippen LogP contribution in [0.4, 0.5) is 0 Å². The Bertz CT molecular complexity index is 1820. The smallest absolute Gasteiger partial charge is 0.330 e. The molecule has 0 amide bonds. The summed E-state index contributed by atoms with van der Waals surface area (Å²) in [6, 6.07) is 9.52. The number of aldehydes is 1. The highest BCUT2D eigenvalue weighted by Gasteiger charge is 2.57. The second-order valence-electron chi connectivity index (χ2n) is 19.6. The predicted molar refractivity (Wildman–Crippen MR) is 250 cm³/mol. The standard InChI is InChI=1S/C50H74BO14S/c1-32(2)43-19-18-33(3)30-49(43)59-23-20-40(63-49)26-38-16-12-17-39(61-38)27-42(65-66-51)29-46(55)62-44(34(4)58-31-36-14-10-9-11-15-36)28-41-24-37(25-45(54)57-8)47(60-35(5)53)50(56,64-41)48(6,7)21-13-22-52/h9-11,13-15,21-22,25,32-34,38-44,47,51,56H,12,16-20,23-24,26-31H2,1-8H3/t33-,34-,38-,39+,40+,41+,42-,43+,44-,47?,49+,50-/m1/s1/i51T. The van der Waals surface area contributed by atoms with E-state index in [0.29, 0.717) is 37.1 Å². The summed E-state index contributed by atoms with van der Waals surface area (Å²) < 4.78 is 63.4. The topological polar surface area (TPSA) is 172 Å². The van der Waals surface area contributed by atoms with Crippen LogP contribution in [0.2, 0.25) is 0 Å². The Morgan fingerprint density at radius 1 is 1.03 bits per heavy atom. The van der Waals surface area contributed by atoms with Gasteiger partial charge in [-0.15, -0.1) is 0 Å². The van der Waals surface area contributed by atoms with Crippen LogP contribution in [-0.4, -0.2) is 112 Å². The molecule has 1 unspecified atom stereocenters. The van der Waals surface area contributed by atoms with E-state index in [1.165, 1.54) is 32.6 Å². The fourth-order valence-corrected chi connectivity index (χ4v) is 10.5. The number of carbonyl (C=O) groups is 4. The van der Waals surface area contributed by atoms with E-state index < -0.39 is 65.4 Å². The van der Waals surface area contributed by atoms with Crippen LogP contribution in [0.3, 0.4) is 0 Å². The number of methoxy groups -OCH3 is 1. The molecule has 1 spiro atoms. The zero-order chi connectivity index (χ0) is 48.8. The Morgan fingerprint density at radius 2 is 1.79 bits per heavy atom. The summed E-state index contributed by atoms with van der Waals surface area (Å²) in [6.45, 7) is 13.8. The third kappa shape index (κ3) is 14.7. The van der Waals surface area contributed by atoms with Gasteiger partial charge in [-0.2, -0.15) is 0 Å². The molecule has 5 rings (SSSR count). The summed E-state index contributed by atoms with van der Waals surface area (Å²) >= 11 is 0.834. The lowest BCUT2D eigenvalue weighted by Gasteiger charge is -2.51. The monoisotopic (exact) mass is 943 g/mol. The third-order valence-corrected chi connectivity index (χ3v) is 14.0. The third-order valence-electron chi connectivity index (χ3n) is 13.7. The molecule has 16 heteroatoms. The van der Waals surface area contributed by atoms with Crippen LogP contribution in [0.15, 0.2) is 54.1 Å². The van der Waals surface area contributed by atoms with Crippen LogP contribution < -0.4 is 0 Å². The Morgan fingerprint density at radius 3 is 2.48 bits per heavy atom. The fourth-order valence-electron chi connectivity index (χ4n) is 10.2. The Hall–Kier alpha value is -3.09. The van der Waals surface area contributed by atoms with Crippen molar-refractivity contribution in [2.75, 3.05) is 13.7 Å². The molecular weight excluding hydrogens is 867 g/mol. The van der Waals surface area contributed by atoms with E-state index >= 15 is 0 Å². The van der Waals surface area contributed by atoms with Crippen LogP contribution in [-0.2, 0) is 67.9 Å². The molecule has 1 saturated carbocycles. The van der Waals surface area contributed by atoms with Crippen molar-refractivity contribution in [3.63, 3.8) is 0 Å². The number of benzene rings is 1. The molecule has 1 aliphatic carbocycles. The van der Waals surface area contributed by atoms with Gasteiger partial charge in [0.15, 0.2) is 11.9 Å². The molecule has 3 saturated heterocycles. The minimum Gasteiger partial charge on any atom is -0.466 e. The maximum absolute atomic E-state index is 14.1. The van der Waals surface area contributed by atoms with Gasteiger partial charge in [0.25, 0.3) is 0 Å². The van der Waals surface area contributed by atoms with E-state index in [4.69, 9.17) is 43.4 Å². The molecule has 12 atom stereocenters. The number of allylic oxidation sites excluding steroid dienone is 1. The summed E-state index contributed by atoms with van der Waals surface area (Å²) in [5.41, 5.74) is -0.273. The maximum Gasteiger partial charge on any atom is 0.330 e. The minimum absolute atomic E-state index is 0.0187. The highest BCUT2D eigenvalue weighted by atomic mass is 32.2. The van der Waals surface area contributed by atoms with Crippen LogP contribution >= 0.6 is 11.9 Å². The second kappa shape index (κ2) is 25.0. The van der Waals surface area contributed by atoms with Crippen LogP contribution in [0.5, 0.6) is 0 Å². The number of aliphatic hydroxyl groups is 1. The van der Waals surface area contributed by atoms with Gasteiger partial charge in [-0.25, -0.2) is 4.79 Å². The van der Waals surface area contributed by atoms with Crippen molar-refractivity contribution in [2.45, 2.75) is 193 Å². The molecule has 4 aliphatic rings. The van der Waals surface area contributed by atoms with Crippen LogP contribution in [0, 0.1) is 23.2 Å². The normalized spacial score (nSPS) is 31.8. The quantitative estimate of drug-likeness (QED) is 0.0299. The molecule has 0 aromatic heterocycles. The maximum atomic E-state index is 14.1. The van der Waals surface area contributed by atoms with Crippen molar-refractivity contribution in [1.29, 1.82) is 1.34 Å². The second-order valence-corrected chi connectivity index (χ2v) is 20.0. The van der Waals surface area contributed by atoms with Gasteiger partial charge in [0.1, 0.15) is 12.4 Å². The van der Waals surface area contributed by atoms with Crippen LogP contribution in [0.25, 0.3) is 0 Å². The van der Waals surface area contributed by atoms with Gasteiger partial charge < -0.3 is 47.2 Å². The number of carbonyl (C=O) groups excluding carboxylic acids is 4. The molecular formula is C50H74BO14S. The van der Waals surface area contributed by atoms with Crippen molar-refractivity contribution >= 4 is 43.2 Å². The van der Waals surface area contributed by atoms with Gasteiger partial charge in [-0.1, -0.05) is 89.3 Å². The van der Waals surface area contributed by atoms with E-state index in [2.05, 4.69) is 20.8 Å². The van der Waals surface area contributed by atoms with Crippen molar-refractivity contribution in [2.24, 2.45) is 23.2 Å². The Labute approximate surface area is 398 Å². The fraction of sp³-hybridized carbons (Fsp3) is 0.720. The number of hydrogen-bond donors (Lipinski definition) is 1. The van der Waals surface area contributed by atoms with Crippen LogP contribution in [0.1, 0.15) is 131 Å². The van der Waals surface area contributed by atoms with Crippen molar-refractivity contribution in [1.82, 2.24) is 0 Å². The van der Waals surface area contributed by atoms with E-state index in [0.717, 1.165) is 75.6 Å². The average Bonchev–Trinajstić information content (AvgIpc) is 3.27. The zero-order valence-corrected chi connectivity index (χ0v) is 41.0. The van der Waals surface area contributed by atoms with Gasteiger partial charge in [0.05, 0.1) is 63.4 Å². The predicted octanol–water partition coefficient (Wildman–Crippen LogP) is 7.73. The highest BCUT2D eigenvalue weighted by molar-refractivity contribution is 8.15. The first-order valence-corrected chi connectivity index (χ1v) is 24.5. The molecule has 1 aromatic carbocycles. The Balaban J connectivity index is 1.32. The number of esters is 3. The highest BCUT2D eigenvalue weighted by Crippen LogP contribution is 2.48. The largest absolute Gasteiger partial charge is 0.466 e. The lowest BCUT2D eigenvalue weighted by Crippen LogP contribution is -2.62. The summed E-state index contributed by atoms with van der Waals surface area (Å²) in [6.07, 6.45) is 6.94. The van der Waals surface area contributed by atoms with Gasteiger partial charge in [-0.05, 0) is 82.3 Å². The van der Waals surface area contributed by atoms with E-state index in [1.807, 2.05) is 30.3 Å². The zero-order valence-electron chi connectivity index (χ0n) is 41.2. The molecule has 4 fully saturated rings. The first-order valence-electron chi connectivity index (χ1n) is 24.3. The van der Waals surface area contributed by atoms with Gasteiger partial charge in [0, 0.05) is 43.6 Å². The summed E-state index contributed by atoms with van der Waals surface area (Å²) in [7, 11) is 2.27. The molecule has 1 aromatic rings. The summed E-state index contributed by atoms with van der Waals surface area (Å²) in [4.78, 5) is 50.7. The first-order chi connectivity index (χ1) is 31.9. The molecule has 3 aliphatic heterocycles. The van der Waals surface area contributed by atoms with E-state index in [1.54, 1.807) is 20.8 Å². The lowest BCUT2D eigenvalue weighted by molar-refractivity contribution is -0.342. The molecule has 0 bridgehead atoms. The molecule has 66 heavy (non-hydrogen) atoms. The molecule has 367 valence electrons. The molecule has 1 N–H and O–H groups in total.